The van der Waals surface area contributed by atoms with Crippen LogP contribution in [0.25, 0.3) is 0 Å². The molecule has 4 aliphatic carbocycles. The van der Waals surface area contributed by atoms with Crippen LogP contribution in [0, 0.1) is 23.7 Å². The summed E-state index contributed by atoms with van der Waals surface area (Å²) in [5.41, 5.74) is 0. The number of rotatable bonds is 0. The first-order valence-corrected chi connectivity index (χ1v) is 5.54. The Bertz CT molecular complexity index is 189. The van der Waals surface area contributed by atoms with Crippen LogP contribution in [0.15, 0.2) is 0 Å². The summed E-state index contributed by atoms with van der Waals surface area (Å²) >= 11 is 0. The molecule has 4 aliphatic rings. The fourth-order valence-electron chi connectivity index (χ4n) is 4.22. The second-order valence-corrected chi connectivity index (χ2v) is 5.06. The van der Waals surface area contributed by atoms with E-state index < -0.39 is 0 Å². The molecule has 0 aromatic rings. The summed E-state index contributed by atoms with van der Waals surface area (Å²) in [5, 5.41) is 9.85. The summed E-state index contributed by atoms with van der Waals surface area (Å²) in [7, 11) is 0. The van der Waals surface area contributed by atoms with Gasteiger partial charge in [0.25, 0.3) is 0 Å². The first-order valence-electron chi connectivity index (χ1n) is 5.54. The Labute approximate surface area is 74.2 Å². The molecule has 0 spiro atoms. The lowest BCUT2D eigenvalue weighted by molar-refractivity contribution is -0.0641. The standard InChI is InChI=1S/C11H18O/c12-11-6-7-4-5-10(11)9-3-1-2-8(7)9/h7-12H,1-6H2/t7-,8+,9+,10-,11+/m0/s1. The zero-order valence-electron chi connectivity index (χ0n) is 7.58. The minimum atomic E-state index is 0.0723. The maximum atomic E-state index is 9.85. The van der Waals surface area contributed by atoms with Crippen LogP contribution in [0.3, 0.4) is 0 Å². The summed E-state index contributed by atoms with van der Waals surface area (Å²) in [6.45, 7) is 0. The summed E-state index contributed by atoms with van der Waals surface area (Å²) < 4.78 is 0. The monoisotopic (exact) mass is 166 g/mol. The second kappa shape index (κ2) is 2.47. The molecule has 4 rings (SSSR count). The average Bonchev–Trinajstić information content (AvgIpc) is 2.53. The van der Waals surface area contributed by atoms with E-state index in [-0.39, 0.29) is 6.10 Å². The van der Waals surface area contributed by atoms with Gasteiger partial charge in [0.05, 0.1) is 6.10 Å². The van der Waals surface area contributed by atoms with Crippen LogP contribution < -0.4 is 0 Å². The summed E-state index contributed by atoms with van der Waals surface area (Å²) in [6.07, 6.45) is 8.28. The summed E-state index contributed by atoms with van der Waals surface area (Å²) in [5.74, 6) is 3.54. The van der Waals surface area contributed by atoms with Crippen molar-refractivity contribution in [2.24, 2.45) is 23.7 Å². The first-order chi connectivity index (χ1) is 5.86. The highest BCUT2D eigenvalue weighted by Gasteiger charge is 2.49. The number of fused-ring (bicyclic) bond motifs is 2. The van der Waals surface area contributed by atoms with Crippen molar-refractivity contribution in [2.45, 2.75) is 44.6 Å². The van der Waals surface area contributed by atoms with Crippen molar-refractivity contribution in [3.63, 3.8) is 0 Å². The first kappa shape index (κ1) is 7.37. The van der Waals surface area contributed by atoms with Crippen molar-refractivity contribution in [1.29, 1.82) is 0 Å². The number of aliphatic hydroxyl groups is 1. The molecular weight excluding hydrogens is 148 g/mol. The maximum Gasteiger partial charge on any atom is 0.0573 e. The van der Waals surface area contributed by atoms with Gasteiger partial charge in [-0.3, -0.25) is 0 Å². The number of aliphatic hydroxyl groups excluding tert-OH is 1. The highest BCUT2D eigenvalue weighted by molar-refractivity contribution is 4.99. The Morgan fingerprint density at radius 1 is 0.833 bits per heavy atom. The number of hydrogen-bond acceptors (Lipinski definition) is 1. The average molecular weight is 166 g/mol. The van der Waals surface area contributed by atoms with Gasteiger partial charge >= 0.3 is 0 Å². The van der Waals surface area contributed by atoms with Crippen LogP contribution in [0.4, 0.5) is 0 Å². The molecule has 0 saturated heterocycles. The smallest absolute Gasteiger partial charge is 0.0573 e. The van der Waals surface area contributed by atoms with Crippen molar-refractivity contribution < 1.29 is 5.11 Å². The quantitative estimate of drug-likeness (QED) is 0.585. The lowest BCUT2D eigenvalue weighted by atomic mass is 9.58. The lowest BCUT2D eigenvalue weighted by Crippen LogP contribution is -2.45. The highest BCUT2D eigenvalue weighted by Crippen LogP contribution is 2.55. The van der Waals surface area contributed by atoms with Crippen LogP contribution in [0.5, 0.6) is 0 Å². The SMILES string of the molecule is O[C@@H]1C[C@@H]2CC[C@H]1[C@@H]1CCC[C@H]21. The predicted octanol–water partition coefficient (Wildman–Crippen LogP) is 2.19. The van der Waals surface area contributed by atoms with Gasteiger partial charge in [-0.05, 0) is 55.8 Å². The van der Waals surface area contributed by atoms with E-state index in [1.807, 2.05) is 0 Å². The Hall–Kier alpha value is -0.0400. The molecule has 0 unspecified atom stereocenters. The normalized spacial score (nSPS) is 57.2. The molecule has 1 N–H and O–H groups in total. The van der Waals surface area contributed by atoms with E-state index in [2.05, 4.69) is 0 Å². The third kappa shape index (κ3) is 0.834. The van der Waals surface area contributed by atoms with Gasteiger partial charge in [0, 0.05) is 0 Å². The van der Waals surface area contributed by atoms with E-state index in [1.54, 1.807) is 0 Å². The van der Waals surface area contributed by atoms with Crippen molar-refractivity contribution in [1.82, 2.24) is 0 Å². The zero-order valence-corrected chi connectivity index (χ0v) is 7.58. The van der Waals surface area contributed by atoms with Gasteiger partial charge in [0.2, 0.25) is 0 Å². The van der Waals surface area contributed by atoms with Crippen LogP contribution in [0.2, 0.25) is 0 Å². The molecule has 0 heterocycles. The fraction of sp³-hybridized carbons (Fsp3) is 1.00. The van der Waals surface area contributed by atoms with Gasteiger partial charge in [0.1, 0.15) is 0 Å². The van der Waals surface area contributed by atoms with Crippen LogP contribution in [-0.2, 0) is 0 Å². The van der Waals surface area contributed by atoms with Crippen LogP contribution in [0.1, 0.15) is 38.5 Å². The highest BCUT2D eigenvalue weighted by atomic mass is 16.3. The minimum absolute atomic E-state index is 0.0723. The number of hydrogen-bond donors (Lipinski definition) is 1. The van der Waals surface area contributed by atoms with Gasteiger partial charge in [-0.2, -0.15) is 0 Å². The van der Waals surface area contributed by atoms with Gasteiger partial charge in [-0.25, -0.2) is 0 Å². The topological polar surface area (TPSA) is 20.2 Å². The molecular formula is C11H18O. The lowest BCUT2D eigenvalue weighted by Gasteiger charge is -2.48. The molecule has 4 fully saturated rings. The third-order valence-corrected chi connectivity index (χ3v) is 4.69. The second-order valence-electron chi connectivity index (χ2n) is 5.06. The van der Waals surface area contributed by atoms with Crippen LogP contribution >= 0.6 is 0 Å². The van der Waals surface area contributed by atoms with Gasteiger partial charge < -0.3 is 5.11 Å². The summed E-state index contributed by atoms with van der Waals surface area (Å²) in [4.78, 5) is 0. The van der Waals surface area contributed by atoms with Gasteiger partial charge in [0.15, 0.2) is 0 Å². The van der Waals surface area contributed by atoms with Gasteiger partial charge in [-0.15, -0.1) is 0 Å². The predicted molar refractivity (Wildman–Crippen MR) is 47.7 cm³/mol. The van der Waals surface area contributed by atoms with Crippen molar-refractivity contribution >= 4 is 0 Å². The van der Waals surface area contributed by atoms with E-state index in [9.17, 15) is 5.11 Å². The van der Waals surface area contributed by atoms with E-state index in [0.29, 0.717) is 5.92 Å². The Kier molecular flexibility index (Phi) is 1.52. The minimum Gasteiger partial charge on any atom is -0.393 e. The van der Waals surface area contributed by atoms with Crippen LogP contribution in [-0.4, -0.2) is 11.2 Å². The van der Waals surface area contributed by atoms with E-state index in [1.165, 1.54) is 32.1 Å². The molecule has 1 nitrogen and oxygen atoms in total. The van der Waals surface area contributed by atoms with Crippen molar-refractivity contribution in [3.8, 4) is 0 Å². The molecule has 0 amide bonds. The maximum absolute atomic E-state index is 9.85. The largest absolute Gasteiger partial charge is 0.393 e. The molecule has 2 bridgehead atoms. The van der Waals surface area contributed by atoms with E-state index in [4.69, 9.17) is 0 Å². The molecule has 12 heavy (non-hydrogen) atoms. The van der Waals surface area contributed by atoms with Gasteiger partial charge in [-0.1, -0.05) is 6.42 Å². The van der Waals surface area contributed by atoms with Crippen molar-refractivity contribution in [3.05, 3.63) is 0 Å². The zero-order chi connectivity index (χ0) is 8.13. The Morgan fingerprint density at radius 2 is 1.67 bits per heavy atom. The Morgan fingerprint density at radius 3 is 2.50 bits per heavy atom. The molecule has 0 aromatic carbocycles. The molecule has 4 saturated carbocycles. The fourth-order valence-corrected chi connectivity index (χ4v) is 4.22. The molecule has 0 aromatic heterocycles. The molecule has 1 heteroatoms. The van der Waals surface area contributed by atoms with E-state index in [0.717, 1.165) is 24.2 Å². The van der Waals surface area contributed by atoms with Crippen molar-refractivity contribution in [2.75, 3.05) is 0 Å². The molecule has 5 atom stereocenters. The Balaban J connectivity index is 1.90. The molecule has 0 aliphatic heterocycles. The molecule has 0 radical (unpaired) electrons. The molecule has 68 valence electrons. The third-order valence-electron chi connectivity index (χ3n) is 4.69. The summed E-state index contributed by atoms with van der Waals surface area (Å²) in [6, 6.07) is 0. The van der Waals surface area contributed by atoms with E-state index >= 15 is 0 Å².